The van der Waals surface area contributed by atoms with Gasteiger partial charge in [0.05, 0.1) is 12.3 Å². The summed E-state index contributed by atoms with van der Waals surface area (Å²) in [5.41, 5.74) is 2.00. The van der Waals surface area contributed by atoms with Gasteiger partial charge in [-0.1, -0.05) is 30.3 Å². The van der Waals surface area contributed by atoms with E-state index in [9.17, 15) is 4.79 Å². The van der Waals surface area contributed by atoms with Crippen LogP contribution in [-0.2, 0) is 9.53 Å². The average molecular weight is 340 g/mol. The molecule has 0 bridgehead atoms. The highest BCUT2D eigenvalue weighted by molar-refractivity contribution is 5.79. The highest BCUT2D eigenvalue weighted by atomic mass is 16.5. The molecular weight excluding hydrogens is 316 g/mol. The number of hydrogen-bond donors (Lipinski definition) is 1. The van der Waals surface area contributed by atoms with E-state index in [1.165, 1.54) is 0 Å². The van der Waals surface area contributed by atoms with Crippen LogP contribution in [0.5, 0.6) is 0 Å². The Kier molecular flexibility index (Phi) is 5.95. The molecule has 0 aliphatic carbocycles. The van der Waals surface area contributed by atoms with E-state index in [0.29, 0.717) is 13.2 Å². The van der Waals surface area contributed by atoms with E-state index < -0.39 is 0 Å². The number of anilines is 1. The van der Waals surface area contributed by atoms with Gasteiger partial charge in [0, 0.05) is 44.3 Å². The summed E-state index contributed by atoms with van der Waals surface area (Å²) in [6, 6.07) is 12.1. The number of rotatable bonds is 6. The molecule has 0 spiro atoms. The second-order valence-electron chi connectivity index (χ2n) is 6.17. The van der Waals surface area contributed by atoms with Crippen molar-refractivity contribution in [3.8, 4) is 11.3 Å². The van der Waals surface area contributed by atoms with Crippen LogP contribution in [0.25, 0.3) is 11.3 Å². The summed E-state index contributed by atoms with van der Waals surface area (Å²) in [6.45, 7) is 2.77. The van der Waals surface area contributed by atoms with Crippen molar-refractivity contribution >= 4 is 11.7 Å². The van der Waals surface area contributed by atoms with E-state index in [1.54, 1.807) is 13.4 Å². The summed E-state index contributed by atoms with van der Waals surface area (Å²) >= 11 is 0. The van der Waals surface area contributed by atoms with Crippen LogP contribution in [-0.4, -0.2) is 49.2 Å². The Morgan fingerprint density at radius 2 is 2.00 bits per heavy atom. The predicted octanol–water partition coefficient (Wildman–Crippen LogP) is 2.12. The number of nitrogens with zero attached hydrogens (tertiary/aromatic N) is 3. The minimum Gasteiger partial charge on any atom is -0.383 e. The maximum Gasteiger partial charge on any atom is 0.223 e. The van der Waals surface area contributed by atoms with Gasteiger partial charge in [-0.2, -0.15) is 0 Å². The van der Waals surface area contributed by atoms with Crippen molar-refractivity contribution < 1.29 is 9.53 Å². The molecule has 132 valence electrons. The molecule has 6 nitrogen and oxygen atoms in total. The van der Waals surface area contributed by atoms with Gasteiger partial charge in [0.2, 0.25) is 5.91 Å². The Morgan fingerprint density at radius 1 is 1.24 bits per heavy atom. The van der Waals surface area contributed by atoms with Gasteiger partial charge in [-0.15, -0.1) is 0 Å². The lowest BCUT2D eigenvalue weighted by molar-refractivity contribution is -0.125. The molecule has 2 heterocycles. The molecule has 1 aromatic carbocycles. The van der Waals surface area contributed by atoms with E-state index in [0.717, 1.165) is 43.0 Å². The summed E-state index contributed by atoms with van der Waals surface area (Å²) in [4.78, 5) is 23.2. The fourth-order valence-electron chi connectivity index (χ4n) is 3.08. The molecule has 25 heavy (non-hydrogen) atoms. The number of aromatic nitrogens is 2. The molecule has 6 heteroatoms. The Bertz CT molecular complexity index is 685. The van der Waals surface area contributed by atoms with E-state index in [2.05, 4.69) is 20.2 Å². The first-order chi connectivity index (χ1) is 12.3. The molecule has 1 aromatic heterocycles. The van der Waals surface area contributed by atoms with Crippen LogP contribution in [0.2, 0.25) is 0 Å². The molecule has 1 aliphatic heterocycles. The number of ether oxygens (including phenoxy) is 1. The molecule has 2 aromatic rings. The van der Waals surface area contributed by atoms with Crippen molar-refractivity contribution in [1.29, 1.82) is 0 Å². The molecule has 0 unspecified atom stereocenters. The zero-order valence-electron chi connectivity index (χ0n) is 14.5. The number of benzene rings is 1. The molecule has 0 atom stereocenters. The number of carbonyl (C=O) groups is 1. The quantitative estimate of drug-likeness (QED) is 0.816. The zero-order chi connectivity index (χ0) is 17.5. The van der Waals surface area contributed by atoms with Gasteiger partial charge < -0.3 is 15.0 Å². The lowest BCUT2D eigenvalue weighted by Crippen LogP contribution is -2.41. The first kappa shape index (κ1) is 17.4. The number of amides is 1. The number of piperidine rings is 1. The van der Waals surface area contributed by atoms with E-state index in [1.807, 2.05) is 36.4 Å². The third-order valence-electron chi connectivity index (χ3n) is 4.52. The minimum atomic E-state index is 0.0727. The minimum absolute atomic E-state index is 0.0727. The van der Waals surface area contributed by atoms with Crippen LogP contribution in [0.4, 0.5) is 5.82 Å². The van der Waals surface area contributed by atoms with Gasteiger partial charge in [0.25, 0.3) is 0 Å². The third kappa shape index (κ3) is 4.54. The lowest BCUT2D eigenvalue weighted by Gasteiger charge is -2.32. The first-order valence-corrected chi connectivity index (χ1v) is 8.67. The molecule has 1 amide bonds. The molecular formula is C19H24N4O2. The number of carbonyl (C=O) groups excluding carboxylic acids is 1. The summed E-state index contributed by atoms with van der Waals surface area (Å²) < 4.78 is 4.96. The molecule has 1 aliphatic rings. The number of nitrogens with one attached hydrogen (secondary N) is 1. The van der Waals surface area contributed by atoms with Gasteiger partial charge in [-0.25, -0.2) is 9.97 Å². The van der Waals surface area contributed by atoms with Crippen LogP contribution < -0.4 is 10.2 Å². The van der Waals surface area contributed by atoms with E-state index in [4.69, 9.17) is 4.74 Å². The molecule has 1 saturated heterocycles. The van der Waals surface area contributed by atoms with Crippen molar-refractivity contribution in [3.05, 3.63) is 42.7 Å². The highest BCUT2D eigenvalue weighted by Crippen LogP contribution is 2.25. The maximum absolute atomic E-state index is 12.1. The van der Waals surface area contributed by atoms with Gasteiger partial charge >= 0.3 is 0 Å². The van der Waals surface area contributed by atoms with Crippen molar-refractivity contribution in [1.82, 2.24) is 15.3 Å². The first-order valence-electron chi connectivity index (χ1n) is 8.67. The summed E-state index contributed by atoms with van der Waals surface area (Å²) in [6.07, 6.45) is 3.29. The Hall–Kier alpha value is -2.47. The van der Waals surface area contributed by atoms with Crippen LogP contribution in [0.1, 0.15) is 12.8 Å². The van der Waals surface area contributed by atoms with Crippen molar-refractivity contribution in [3.63, 3.8) is 0 Å². The highest BCUT2D eigenvalue weighted by Gasteiger charge is 2.25. The van der Waals surface area contributed by atoms with Crippen LogP contribution >= 0.6 is 0 Å². The Labute approximate surface area is 148 Å². The fourth-order valence-corrected chi connectivity index (χ4v) is 3.08. The van der Waals surface area contributed by atoms with Crippen molar-refractivity contribution in [2.24, 2.45) is 5.92 Å². The molecule has 0 radical (unpaired) electrons. The molecule has 3 rings (SSSR count). The van der Waals surface area contributed by atoms with Crippen molar-refractivity contribution in [2.45, 2.75) is 12.8 Å². The Balaban J connectivity index is 1.59. The summed E-state index contributed by atoms with van der Waals surface area (Å²) in [5, 5.41) is 2.93. The lowest BCUT2D eigenvalue weighted by atomic mass is 9.96. The van der Waals surface area contributed by atoms with Gasteiger partial charge in [-0.3, -0.25) is 4.79 Å². The monoisotopic (exact) mass is 340 g/mol. The van der Waals surface area contributed by atoms with Gasteiger partial charge in [0.1, 0.15) is 12.1 Å². The second-order valence-corrected chi connectivity index (χ2v) is 6.17. The van der Waals surface area contributed by atoms with Crippen LogP contribution in [0, 0.1) is 5.92 Å². The topological polar surface area (TPSA) is 67.3 Å². The second kappa shape index (κ2) is 8.58. The maximum atomic E-state index is 12.1. The SMILES string of the molecule is COCCNC(=O)C1CCN(c2cc(-c3ccccc3)ncn2)CC1. The largest absolute Gasteiger partial charge is 0.383 e. The van der Waals surface area contributed by atoms with Gasteiger partial charge in [-0.05, 0) is 12.8 Å². The average Bonchev–Trinajstić information content (AvgIpc) is 2.69. The predicted molar refractivity (Wildman–Crippen MR) is 97.3 cm³/mol. The number of hydrogen-bond acceptors (Lipinski definition) is 5. The normalized spacial score (nSPS) is 15.2. The van der Waals surface area contributed by atoms with Crippen molar-refractivity contribution in [2.75, 3.05) is 38.3 Å². The summed E-state index contributed by atoms with van der Waals surface area (Å²) in [7, 11) is 1.63. The Morgan fingerprint density at radius 3 is 2.72 bits per heavy atom. The molecule has 1 fully saturated rings. The summed E-state index contributed by atoms with van der Waals surface area (Å²) in [5.74, 6) is 1.12. The van der Waals surface area contributed by atoms with Gasteiger partial charge in [0.15, 0.2) is 0 Å². The molecule has 0 saturated carbocycles. The van der Waals surface area contributed by atoms with E-state index in [-0.39, 0.29) is 11.8 Å². The third-order valence-corrected chi connectivity index (χ3v) is 4.52. The van der Waals surface area contributed by atoms with E-state index >= 15 is 0 Å². The molecule has 1 N–H and O–H groups in total. The van der Waals surface area contributed by atoms with Crippen LogP contribution in [0.3, 0.4) is 0 Å². The standard InChI is InChI=1S/C19H24N4O2/c1-25-12-9-20-19(24)16-7-10-23(11-8-16)18-13-17(21-14-22-18)15-5-3-2-4-6-15/h2-6,13-14,16H,7-12H2,1H3,(H,20,24). The van der Waals surface area contributed by atoms with Crippen LogP contribution in [0.15, 0.2) is 42.7 Å². The zero-order valence-corrected chi connectivity index (χ0v) is 14.5. The fraction of sp³-hybridized carbons (Fsp3) is 0.421. The number of methoxy groups -OCH3 is 1. The smallest absolute Gasteiger partial charge is 0.223 e.